The van der Waals surface area contributed by atoms with Crippen molar-refractivity contribution in [2.24, 2.45) is 5.92 Å². The molecule has 0 N–H and O–H groups in total. The molecule has 2 nitrogen and oxygen atoms in total. The fourth-order valence-corrected chi connectivity index (χ4v) is 7.56. The fraction of sp³-hybridized carbons (Fsp3) is 0.229. The third-order valence-electron chi connectivity index (χ3n) is 9.14. The lowest BCUT2D eigenvalue weighted by Gasteiger charge is -2.45. The molecule has 4 aliphatic rings. The molecule has 37 heavy (non-hydrogen) atoms. The van der Waals surface area contributed by atoms with E-state index in [0.717, 1.165) is 31.4 Å². The molecule has 0 aliphatic heterocycles. The van der Waals surface area contributed by atoms with Crippen LogP contribution in [0.4, 0.5) is 0 Å². The van der Waals surface area contributed by atoms with Gasteiger partial charge in [0, 0.05) is 11.8 Å². The Hall–Kier alpha value is -3.91. The van der Waals surface area contributed by atoms with Crippen molar-refractivity contribution in [3.8, 4) is 5.75 Å². The first-order valence-corrected chi connectivity index (χ1v) is 13.6. The van der Waals surface area contributed by atoms with Crippen LogP contribution in [0.2, 0.25) is 0 Å². The van der Waals surface area contributed by atoms with Gasteiger partial charge in [-0.2, -0.15) is 0 Å². The summed E-state index contributed by atoms with van der Waals surface area (Å²) in [4.78, 5) is 14.0. The van der Waals surface area contributed by atoms with E-state index in [2.05, 4.69) is 78.9 Å². The van der Waals surface area contributed by atoms with Crippen LogP contribution in [0.15, 0.2) is 91.0 Å². The third kappa shape index (κ3) is 3.08. The fourth-order valence-electron chi connectivity index (χ4n) is 7.56. The van der Waals surface area contributed by atoms with Gasteiger partial charge in [0.05, 0.1) is 5.92 Å². The van der Waals surface area contributed by atoms with Gasteiger partial charge in [-0.25, -0.2) is 0 Å². The second-order valence-electron chi connectivity index (χ2n) is 11.0. The van der Waals surface area contributed by atoms with Gasteiger partial charge in [0.25, 0.3) is 0 Å². The molecule has 0 amide bonds. The van der Waals surface area contributed by atoms with Crippen molar-refractivity contribution in [1.82, 2.24) is 0 Å². The van der Waals surface area contributed by atoms with Crippen LogP contribution < -0.4 is 4.74 Å². The molecule has 2 bridgehead atoms. The standard InChI is InChI=1S/C35H28O2/c36-35(37-31-15-7-11-21-8-1-4-12-24(21)31)30-20-29-27-18-16-23-10-3-6-14-26(23)33(27)34(30)28-19-17-22-9-2-5-13-25(22)32(28)29/h2-3,5-7,9-11,13-19,29-30,34H,1,4,8,12,20H2. The van der Waals surface area contributed by atoms with Crippen LogP contribution in [0.25, 0.3) is 21.5 Å². The maximum atomic E-state index is 14.0. The number of aryl methyl sites for hydroxylation is 1. The van der Waals surface area contributed by atoms with Gasteiger partial charge in [-0.15, -0.1) is 0 Å². The van der Waals surface area contributed by atoms with Gasteiger partial charge in [0.1, 0.15) is 5.75 Å². The molecule has 0 spiro atoms. The molecule has 4 aliphatic carbocycles. The van der Waals surface area contributed by atoms with Gasteiger partial charge in [0.2, 0.25) is 0 Å². The van der Waals surface area contributed by atoms with Crippen LogP contribution in [0, 0.1) is 5.92 Å². The number of esters is 1. The summed E-state index contributed by atoms with van der Waals surface area (Å²) in [5.74, 6) is 0.689. The van der Waals surface area contributed by atoms with E-state index >= 15 is 0 Å². The molecule has 0 radical (unpaired) electrons. The highest BCUT2D eigenvalue weighted by atomic mass is 16.5. The first kappa shape index (κ1) is 21.2. The quantitative estimate of drug-likeness (QED) is 0.189. The summed E-state index contributed by atoms with van der Waals surface area (Å²) in [6.45, 7) is 0. The molecule has 3 unspecified atom stereocenters. The lowest BCUT2D eigenvalue weighted by Crippen LogP contribution is -2.38. The second-order valence-corrected chi connectivity index (χ2v) is 11.0. The van der Waals surface area contributed by atoms with Gasteiger partial charge in [-0.3, -0.25) is 4.79 Å². The highest BCUT2D eigenvalue weighted by Gasteiger charge is 2.48. The zero-order chi connectivity index (χ0) is 24.5. The molecule has 5 aromatic rings. The van der Waals surface area contributed by atoms with Crippen LogP contribution in [-0.4, -0.2) is 5.97 Å². The molecule has 0 heterocycles. The van der Waals surface area contributed by atoms with Gasteiger partial charge in [-0.1, -0.05) is 84.9 Å². The maximum Gasteiger partial charge on any atom is 0.315 e. The summed E-state index contributed by atoms with van der Waals surface area (Å²) in [6.07, 6.45) is 5.25. The van der Waals surface area contributed by atoms with Crippen LogP contribution in [0.1, 0.15) is 64.5 Å². The predicted molar refractivity (Wildman–Crippen MR) is 148 cm³/mol. The van der Waals surface area contributed by atoms with Crippen LogP contribution in [0.5, 0.6) is 5.75 Å². The Morgan fingerprint density at radius 2 is 1.38 bits per heavy atom. The second kappa shape index (κ2) is 8.05. The van der Waals surface area contributed by atoms with E-state index in [1.165, 1.54) is 61.3 Å². The first-order chi connectivity index (χ1) is 18.3. The van der Waals surface area contributed by atoms with E-state index in [9.17, 15) is 4.79 Å². The Bertz CT molecular complexity index is 1730. The molecule has 0 fully saturated rings. The van der Waals surface area contributed by atoms with Crippen molar-refractivity contribution in [2.45, 2.75) is 43.9 Å². The number of carbonyl (C=O) groups excluding carboxylic acids is 1. The van der Waals surface area contributed by atoms with Gasteiger partial charge < -0.3 is 4.74 Å². The first-order valence-electron chi connectivity index (χ1n) is 13.6. The summed E-state index contributed by atoms with van der Waals surface area (Å²) in [6, 6.07) is 32.6. The highest BCUT2D eigenvalue weighted by Crippen LogP contribution is 2.58. The third-order valence-corrected chi connectivity index (χ3v) is 9.14. The van der Waals surface area contributed by atoms with Crippen molar-refractivity contribution >= 4 is 27.5 Å². The van der Waals surface area contributed by atoms with E-state index in [4.69, 9.17) is 4.74 Å². The van der Waals surface area contributed by atoms with Crippen molar-refractivity contribution in [3.63, 3.8) is 0 Å². The number of ether oxygens (including phenoxy) is 1. The Morgan fingerprint density at radius 1 is 0.676 bits per heavy atom. The molecule has 0 saturated carbocycles. The number of hydrogen-bond acceptors (Lipinski definition) is 2. The van der Waals surface area contributed by atoms with E-state index < -0.39 is 0 Å². The summed E-state index contributed by atoms with van der Waals surface area (Å²) in [7, 11) is 0. The molecule has 180 valence electrons. The average Bonchev–Trinajstić information content (AvgIpc) is 2.96. The molecule has 2 heteroatoms. The van der Waals surface area contributed by atoms with E-state index in [1.54, 1.807) is 0 Å². The predicted octanol–water partition coefficient (Wildman–Crippen LogP) is 8.07. The van der Waals surface area contributed by atoms with Crippen molar-refractivity contribution in [3.05, 3.63) is 124 Å². The van der Waals surface area contributed by atoms with Crippen molar-refractivity contribution in [2.75, 3.05) is 0 Å². The van der Waals surface area contributed by atoms with Crippen molar-refractivity contribution < 1.29 is 9.53 Å². The maximum absolute atomic E-state index is 14.0. The summed E-state index contributed by atoms with van der Waals surface area (Å²) in [5, 5.41) is 5.09. The number of carbonyl (C=O) groups is 1. The summed E-state index contributed by atoms with van der Waals surface area (Å²) < 4.78 is 6.30. The van der Waals surface area contributed by atoms with Gasteiger partial charge in [0.15, 0.2) is 0 Å². The minimum absolute atomic E-state index is 0.00209. The van der Waals surface area contributed by atoms with Gasteiger partial charge in [-0.05, 0) is 93.1 Å². The minimum Gasteiger partial charge on any atom is -0.426 e. The molecular formula is C35H28O2. The zero-order valence-electron chi connectivity index (χ0n) is 20.7. The van der Waals surface area contributed by atoms with Crippen LogP contribution in [0.3, 0.4) is 0 Å². The van der Waals surface area contributed by atoms with Crippen molar-refractivity contribution in [1.29, 1.82) is 0 Å². The minimum atomic E-state index is -0.198. The molecule has 0 aromatic heterocycles. The number of fused-ring (bicyclic) bond motifs is 4. The van der Waals surface area contributed by atoms with E-state index in [1.807, 2.05) is 12.1 Å². The lowest BCUT2D eigenvalue weighted by atomic mass is 9.57. The van der Waals surface area contributed by atoms with Crippen LogP contribution in [-0.2, 0) is 17.6 Å². The molecule has 3 atom stereocenters. The number of benzene rings is 5. The Morgan fingerprint density at radius 3 is 2.19 bits per heavy atom. The zero-order valence-corrected chi connectivity index (χ0v) is 20.7. The highest BCUT2D eigenvalue weighted by molar-refractivity contribution is 5.95. The Kier molecular flexibility index (Phi) is 4.61. The summed E-state index contributed by atoms with van der Waals surface area (Å²) >= 11 is 0. The smallest absolute Gasteiger partial charge is 0.315 e. The normalized spacial score (nSPS) is 21.4. The number of rotatable bonds is 2. The molecule has 9 rings (SSSR count). The van der Waals surface area contributed by atoms with Crippen LogP contribution >= 0.6 is 0 Å². The largest absolute Gasteiger partial charge is 0.426 e. The number of hydrogen-bond donors (Lipinski definition) is 0. The van der Waals surface area contributed by atoms with Gasteiger partial charge >= 0.3 is 5.97 Å². The Labute approximate surface area is 216 Å². The SMILES string of the molecule is O=C(Oc1cccc2c1CCCC2)C1CC2c3ccc4ccccc4c3C1c1ccc3ccccc3c12. The average molecular weight is 481 g/mol. The monoisotopic (exact) mass is 480 g/mol. The summed E-state index contributed by atoms with van der Waals surface area (Å²) in [5.41, 5.74) is 8.00. The molecule has 0 saturated heterocycles. The molecular weight excluding hydrogens is 452 g/mol. The van der Waals surface area contributed by atoms with E-state index in [0.29, 0.717) is 0 Å². The topological polar surface area (TPSA) is 26.3 Å². The Balaban J connectivity index is 1.30. The lowest BCUT2D eigenvalue weighted by molar-refractivity contribution is -0.140. The molecule has 5 aromatic carbocycles. The van der Waals surface area contributed by atoms with E-state index in [-0.39, 0.29) is 23.7 Å².